The standard InChI is InChI=1S/C12H11BrFN5/c13-11-8(6-15)3-4-9(12(11)14)16-5-1-2-10-17-7-18-19-10/h3-4,7,16H,1-2,5H2,(H,17,18,19). The number of nitrogens with zero attached hydrogens (tertiary/aromatic N) is 3. The molecule has 2 rings (SSSR count). The molecule has 0 saturated heterocycles. The Morgan fingerprint density at radius 2 is 2.32 bits per heavy atom. The van der Waals surface area contributed by atoms with E-state index in [2.05, 4.69) is 36.4 Å². The second-order valence-corrected chi connectivity index (χ2v) is 4.66. The Morgan fingerprint density at radius 3 is 3.00 bits per heavy atom. The average molecular weight is 324 g/mol. The predicted octanol–water partition coefficient (Wildman–Crippen LogP) is 2.62. The summed E-state index contributed by atoms with van der Waals surface area (Å²) in [6, 6.07) is 5.05. The van der Waals surface area contributed by atoms with E-state index in [1.165, 1.54) is 6.33 Å². The summed E-state index contributed by atoms with van der Waals surface area (Å²) in [7, 11) is 0. The molecule has 0 unspecified atom stereocenters. The van der Waals surface area contributed by atoms with Gasteiger partial charge in [0, 0.05) is 13.0 Å². The van der Waals surface area contributed by atoms with Crippen LogP contribution in [0.4, 0.5) is 10.1 Å². The molecule has 0 amide bonds. The molecule has 1 heterocycles. The minimum absolute atomic E-state index is 0.190. The van der Waals surface area contributed by atoms with Crippen molar-refractivity contribution in [2.24, 2.45) is 0 Å². The average Bonchev–Trinajstić information content (AvgIpc) is 2.92. The van der Waals surface area contributed by atoms with E-state index in [1.54, 1.807) is 12.1 Å². The highest BCUT2D eigenvalue weighted by Gasteiger charge is 2.10. The van der Waals surface area contributed by atoms with Crippen LogP contribution in [0.15, 0.2) is 22.9 Å². The van der Waals surface area contributed by atoms with Crippen LogP contribution in [0.3, 0.4) is 0 Å². The zero-order valence-corrected chi connectivity index (χ0v) is 11.5. The topological polar surface area (TPSA) is 77.4 Å². The molecule has 0 bridgehead atoms. The van der Waals surface area contributed by atoms with Crippen LogP contribution in [0.2, 0.25) is 0 Å². The largest absolute Gasteiger partial charge is 0.383 e. The molecule has 19 heavy (non-hydrogen) atoms. The fourth-order valence-corrected chi connectivity index (χ4v) is 2.04. The van der Waals surface area contributed by atoms with Gasteiger partial charge in [0.05, 0.1) is 15.7 Å². The van der Waals surface area contributed by atoms with E-state index >= 15 is 0 Å². The first-order valence-electron chi connectivity index (χ1n) is 5.68. The highest BCUT2D eigenvalue weighted by Crippen LogP contribution is 2.26. The fourth-order valence-electron chi connectivity index (χ4n) is 1.60. The van der Waals surface area contributed by atoms with Crippen molar-refractivity contribution in [2.75, 3.05) is 11.9 Å². The molecule has 0 aliphatic rings. The molecule has 2 N–H and O–H groups in total. The molecule has 0 atom stereocenters. The quantitative estimate of drug-likeness (QED) is 0.829. The number of rotatable bonds is 5. The van der Waals surface area contributed by atoms with Crippen molar-refractivity contribution >= 4 is 21.6 Å². The van der Waals surface area contributed by atoms with Crippen molar-refractivity contribution in [2.45, 2.75) is 12.8 Å². The molecule has 1 aromatic heterocycles. The number of nitriles is 1. The van der Waals surface area contributed by atoms with Crippen LogP contribution in [0.25, 0.3) is 0 Å². The van der Waals surface area contributed by atoms with Crippen molar-refractivity contribution in [3.8, 4) is 6.07 Å². The summed E-state index contributed by atoms with van der Waals surface area (Å²) in [5, 5.41) is 18.3. The Kier molecular flexibility index (Phi) is 4.47. The third kappa shape index (κ3) is 3.29. The first-order valence-corrected chi connectivity index (χ1v) is 6.48. The highest BCUT2D eigenvalue weighted by atomic mass is 79.9. The molecule has 1 aromatic carbocycles. The lowest BCUT2D eigenvalue weighted by atomic mass is 10.2. The zero-order valence-electron chi connectivity index (χ0n) is 9.95. The Balaban J connectivity index is 1.90. The van der Waals surface area contributed by atoms with Gasteiger partial charge < -0.3 is 5.32 Å². The van der Waals surface area contributed by atoms with Gasteiger partial charge in [-0.25, -0.2) is 9.37 Å². The molecule has 7 heteroatoms. The fraction of sp³-hybridized carbons (Fsp3) is 0.250. The summed E-state index contributed by atoms with van der Waals surface area (Å²) in [5.41, 5.74) is 0.660. The molecular weight excluding hydrogens is 313 g/mol. The van der Waals surface area contributed by atoms with Gasteiger partial charge in [-0.3, -0.25) is 5.10 Å². The number of anilines is 1. The predicted molar refractivity (Wildman–Crippen MR) is 72.0 cm³/mol. The van der Waals surface area contributed by atoms with Crippen molar-refractivity contribution < 1.29 is 4.39 Å². The van der Waals surface area contributed by atoms with Crippen LogP contribution >= 0.6 is 15.9 Å². The van der Waals surface area contributed by atoms with Gasteiger partial charge in [0.25, 0.3) is 0 Å². The first kappa shape index (κ1) is 13.5. The van der Waals surface area contributed by atoms with Gasteiger partial charge in [0.15, 0.2) is 5.82 Å². The van der Waals surface area contributed by atoms with Crippen LogP contribution in [-0.2, 0) is 6.42 Å². The highest BCUT2D eigenvalue weighted by molar-refractivity contribution is 9.10. The molecule has 0 radical (unpaired) electrons. The number of benzene rings is 1. The monoisotopic (exact) mass is 323 g/mol. The van der Waals surface area contributed by atoms with Gasteiger partial charge >= 0.3 is 0 Å². The third-order valence-electron chi connectivity index (χ3n) is 2.57. The second kappa shape index (κ2) is 6.29. The van der Waals surface area contributed by atoms with E-state index in [0.717, 1.165) is 18.7 Å². The zero-order chi connectivity index (χ0) is 13.7. The number of aryl methyl sites for hydroxylation is 1. The number of halogens is 2. The normalized spacial score (nSPS) is 10.2. The Labute approximate surface area is 118 Å². The number of aromatic amines is 1. The molecule has 2 aromatic rings. The van der Waals surface area contributed by atoms with Crippen molar-refractivity contribution in [1.29, 1.82) is 5.26 Å². The first-order chi connectivity index (χ1) is 9.22. The van der Waals surface area contributed by atoms with E-state index in [9.17, 15) is 4.39 Å². The lowest BCUT2D eigenvalue weighted by Gasteiger charge is -2.08. The van der Waals surface area contributed by atoms with Gasteiger partial charge in [-0.05, 0) is 34.5 Å². The molecule has 0 spiro atoms. The van der Waals surface area contributed by atoms with Crippen molar-refractivity contribution in [1.82, 2.24) is 15.2 Å². The lowest BCUT2D eigenvalue weighted by molar-refractivity contribution is 0.622. The molecule has 0 saturated carbocycles. The van der Waals surface area contributed by atoms with E-state index in [-0.39, 0.29) is 10.0 Å². The number of nitrogens with one attached hydrogen (secondary N) is 2. The minimum Gasteiger partial charge on any atom is -0.383 e. The lowest BCUT2D eigenvalue weighted by Crippen LogP contribution is -2.06. The van der Waals surface area contributed by atoms with Crippen LogP contribution in [0.1, 0.15) is 17.8 Å². The van der Waals surface area contributed by atoms with Crippen LogP contribution in [-0.4, -0.2) is 21.7 Å². The van der Waals surface area contributed by atoms with Crippen molar-refractivity contribution in [3.63, 3.8) is 0 Å². The maximum Gasteiger partial charge on any atom is 0.161 e. The van der Waals surface area contributed by atoms with E-state index < -0.39 is 5.82 Å². The summed E-state index contributed by atoms with van der Waals surface area (Å²) in [6.45, 7) is 0.607. The summed E-state index contributed by atoms with van der Waals surface area (Å²) in [6.07, 6.45) is 3.00. The summed E-state index contributed by atoms with van der Waals surface area (Å²) >= 11 is 3.07. The van der Waals surface area contributed by atoms with Gasteiger partial charge in [-0.1, -0.05) is 0 Å². The molecule has 98 valence electrons. The number of H-pyrrole nitrogens is 1. The van der Waals surface area contributed by atoms with Crippen LogP contribution < -0.4 is 5.32 Å². The molecule has 0 aliphatic heterocycles. The number of hydrogen-bond donors (Lipinski definition) is 2. The van der Waals surface area contributed by atoms with E-state index in [0.29, 0.717) is 12.2 Å². The van der Waals surface area contributed by atoms with Gasteiger partial charge in [0.2, 0.25) is 0 Å². The molecule has 0 fully saturated rings. The van der Waals surface area contributed by atoms with E-state index in [4.69, 9.17) is 5.26 Å². The van der Waals surface area contributed by atoms with Crippen LogP contribution in [0, 0.1) is 17.1 Å². The Bertz CT molecular complexity index is 591. The number of aromatic nitrogens is 3. The smallest absolute Gasteiger partial charge is 0.161 e. The maximum atomic E-state index is 13.9. The molecular formula is C12H11BrFN5. The van der Waals surface area contributed by atoms with Crippen LogP contribution in [0.5, 0.6) is 0 Å². The maximum absolute atomic E-state index is 13.9. The second-order valence-electron chi connectivity index (χ2n) is 3.86. The van der Waals surface area contributed by atoms with Crippen molar-refractivity contribution in [3.05, 3.63) is 40.1 Å². The third-order valence-corrected chi connectivity index (χ3v) is 3.35. The summed E-state index contributed by atoms with van der Waals surface area (Å²) < 4.78 is 14.1. The van der Waals surface area contributed by atoms with Gasteiger partial charge in [-0.2, -0.15) is 10.4 Å². The summed E-state index contributed by atoms with van der Waals surface area (Å²) in [5.74, 6) is 0.363. The molecule has 0 aliphatic carbocycles. The Morgan fingerprint density at radius 1 is 1.47 bits per heavy atom. The molecule has 5 nitrogen and oxygen atoms in total. The van der Waals surface area contributed by atoms with Gasteiger partial charge in [0.1, 0.15) is 18.2 Å². The van der Waals surface area contributed by atoms with E-state index in [1.807, 2.05) is 6.07 Å². The minimum atomic E-state index is -0.446. The Hall–Kier alpha value is -1.94. The summed E-state index contributed by atoms with van der Waals surface area (Å²) in [4.78, 5) is 4.00. The number of hydrogen-bond acceptors (Lipinski definition) is 4. The van der Waals surface area contributed by atoms with Gasteiger partial charge in [-0.15, -0.1) is 0 Å². The SMILES string of the molecule is N#Cc1ccc(NCCCc2ncn[nH]2)c(F)c1Br.